The summed E-state index contributed by atoms with van der Waals surface area (Å²) in [6, 6.07) is 13.9. The van der Waals surface area contributed by atoms with E-state index in [0.29, 0.717) is 17.6 Å². The smallest absolute Gasteiger partial charge is 0.331 e. The van der Waals surface area contributed by atoms with Gasteiger partial charge in [-0.05, 0) is 43.9 Å². The molecule has 3 aromatic rings. The van der Waals surface area contributed by atoms with E-state index in [9.17, 15) is 22.8 Å². The van der Waals surface area contributed by atoms with Crippen molar-refractivity contribution in [3.63, 3.8) is 0 Å². The second kappa shape index (κ2) is 11.7. The van der Waals surface area contributed by atoms with E-state index in [4.69, 9.17) is 0 Å². The first-order valence-corrected chi connectivity index (χ1v) is 12.8. The molecule has 0 bridgehead atoms. The minimum atomic E-state index is -4.50. The van der Waals surface area contributed by atoms with Gasteiger partial charge in [0, 0.05) is 23.5 Å². The molecule has 1 aliphatic rings. The van der Waals surface area contributed by atoms with E-state index in [1.807, 2.05) is 53.2 Å². The summed E-state index contributed by atoms with van der Waals surface area (Å²) in [5.41, 5.74) is 1.97. The SMILES string of the molecule is CC1C=CC=C(n2cc(-c3ccccc3)nc2NC(=O)CN(C(=O)Cc2cccc(C(F)(F)F)c2)C(C)C)C1. The molecular weight excluding hydrogens is 505 g/mol. The van der Waals surface area contributed by atoms with Crippen molar-refractivity contribution >= 4 is 23.5 Å². The summed E-state index contributed by atoms with van der Waals surface area (Å²) in [5, 5.41) is 2.85. The van der Waals surface area contributed by atoms with Gasteiger partial charge in [0.2, 0.25) is 17.8 Å². The lowest BCUT2D eigenvalue weighted by molar-refractivity contribution is -0.138. The molecule has 1 N–H and O–H groups in total. The van der Waals surface area contributed by atoms with Crippen molar-refractivity contribution in [2.45, 2.75) is 45.8 Å². The molecule has 1 unspecified atom stereocenters. The van der Waals surface area contributed by atoms with Gasteiger partial charge in [-0.25, -0.2) is 4.98 Å². The van der Waals surface area contributed by atoms with Crippen molar-refractivity contribution < 1.29 is 22.8 Å². The standard InChI is InChI=1S/C30H31F3N4O2/c1-20(2)36(28(39)17-22-10-8-13-24(16-22)30(31,32)33)19-27(38)35-29-34-26(23-11-5-4-6-12-23)18-37(29)25-14-7-9-21(3)15-25/h4-14,16,18,20-21H,15,17,19H2,1-3H3,(H,34,35,38). The highest BCUT2D eigenvalue weighted by atomic mass is 19.4. The van der Waals surface area contributed by atoms with Gasteiger partial charge in [0.25, 0.3) is 0 Å². The fourth-order valence-electron chi connectivity index (χ4n) is 4.45. The van der Waals surface area contributed by atoms with Gasteiger partial charge in [0.05, 0.1) is 17.7 Å². The summed E-state index contributed by atoms with van der Waals surface area (Å²) in [5.74, 6) is -0.239. The zero-order valence-electron chi connectivity index (χ0n) is 22.1. The molecule has 204 valence electrons. The number of rotatable bonds is 8. The molecule has 1 aromatic heterocycles. The summed E-state index contributed by atoms with van der Waals surface area (Å²) < 4.78 is 41.2. The molecule has 2 aromatic carbocycles. The van der Waals surface area contributed by atoms with E-state index in [-0.39, 0.29) is 24.6 Å². The monoisotopic (exact) mass is 536 g/mol. The first-order valence-electron chi connectivity index (χ1n) is 12.8. The lowest BCUT2D eigenvalue weighted by Gasteiger charge is -2.26. The van der Waals surface area contributed by atoms with Gasteiger partial charge < -0.3 is 4.90 Å². The van der Waals surface area contributed by atoms with Crippen LogP contribution >= 0.6 is 0 Å². The molecule has 0 saturated carbocycles. The Labute approximate surface area is 225 Å². The van der Waals surface area contributed by atoms with E-state index in [0.717, 1.165) is 29.8 Å². The molecule has 1 heterocycles. The highest BCUT2D eigenvalue weighted by Gasteiger charge is 2.31. The van der Waals surface area contributed by atoms with Gasteiger partial charge in [-0.1, -0.05) is 67.6 Å². The van der Waals surface area contributed by atoms with Gasteiger partial charge in [0.1, 0.15) is 6.54 Å². The Morgan fingerprint density at radius 2 is 1.87 bits per heavy atom. The first-order chi connectivity index (χ1) is 18.5. The highest BCUT2D eigenvalue weighted by Crippen LogP contribution is 2.30. The number of hydrogen-bond acceptors (Lipinski definition) is 3. The molecule has 0 radical (unpaired) electrons. The fraction of sp³-hybridized carbons (Fsp3) is 0.300. The van der Waals surface area contributed by atoms with Crippen LogP contribution in [-0.4, -0.2) is 38.9 Å². The molecule has 2 amide bonds. The van der Waals surface area contributed by atoms with Crippen molar-refractivity contribution in [2.75, 3.05) is 11.9 Å². The number of amides is 2. The van der Waals surface area contributed by atoms with Crippen LogP contribution in [0.2, 0.25) is 0 Å². The van der Waals surface area contributed by atoms with Crippen LogP contribution in [0.15, 0.2) is 79.0 Å². The van der Waals surface area contributed by atoms with Crippen molar-refractivity contribution in [1.82, 2.24) is 14.5 Å². The second-order valence-electron chi connectivity index (χ2n) is 9.95. The maximum Gasteiger partial charge on any atom is 0.416 e. The van der Waals surface area contributed by atoms with Crippen LogP contribution in [0.4, 0.5) is 19.1 Å². The van der Waals surface area contributed by atoms with Crippen LogP contribution in [0.3, 0.4) is 0 Å². The highest BCUT2D eigenvalue weighted by molar-refractivity contribution is 5.94. The molecule has 4 rings (SSSR count). The van der Waals surface area contributed by atoms with Gasteiger partial charge in [-0.3, -0.25) is 19.5 Å². The van der Waals surface area contributed by atoms with Crippen LogP contribution in [0, 0.1) is 5.92 Å². The quantitative estimate of drug-likeness (QED) is 0.361. The average molecular weight is 537 g/mol. The number of carbonyl (C=O) groups is 2. The summed E-state index contributed by atoms with van der Waals surface area (Å²) in [6.07, 6.45) is 3.94. The lowest BCUT2D eigenvalue weighted by atomic mass is 10.0. The summed E-state index contributed by atoms with van der Waals surface area (Å²) in [4.78, 5) is 32.3. The van der Waals surface area contributed by atoms with Crippen molar-refractivity contribution in [3.8, 4) is 11.3 Å². The van der Waals surface area contributed by atoms with E-state index >= 15 is 0 Å². The number of benzene rings is 2. The third-order valence-electron chi connectivity index (χ3n) is 6.46. The fourth-order valence-corrected chi connectivity index (χ4v) is 4.45. The van der Waals surface area contributed by atoms with Gasteiger partial charge >= 0.3 is 6.18 Å². The third-order valence-corrected chi connectivity index (χ3v) is 6.46. The first kappa shape index (κ1) is 27.9. The van der Waals surface area contributed by atoms with Crippen molar-refractivity contribution in [3.05, 3.63) is 90.1 Å². The van der Waals surface area contributed by atoms with Crippen molar-refractivity contribution in [1.29, 1.82) is 0 Å². The number of anilines is 1. The van der Waals surface area contributed by atoms with E-state index < -0.39 is 23.6 Å². The number of alkyl halides is 3. The Balaban J connectivity index is 1.53. The molecule has 0 saturated heterocycles. The Hall–Kier alpha value is -4.14. The van der Waals surface area contributed by atoms with E-state index in [1.165, 1.54) is 17.0 Å². The topological polar surface area (TPSA) is 67.2 Å². The van der Waals surface area contributed by atoms with Gasteiger partial charge in [-0.15, -0.1) is 0 Å². The summed E-state index contributed by atoms with van der Waals surface area (Å²) >= 11 is 0. The number of allylic oxidation sites excluding steroid dienone is 4. The Bertz CT molecular complexity index is 1390. The summed E-state index contributed by atoms with van der Waals surface area (Å²) in [6.45, 7) is 5.35. The van der Waals surface area contributed by atoms with E-state index in [2.05, 4.69) is 23.3 Å². The van der Waals surface area contributed by atoms with Gasteiger partial charge in [-0.2, -0.15) is 13.2 Å². The maximum absolute atomic E-state index is 13.2. The predicted molar refractivity (Wildman–Crippen MR) is 145 cm³/mol. The van der Waals surface area contributed by atoms with Crippen LogP contribution in [0.25, 0.3) is 17.0 Å². The number of carbonyl (C=O) groups excluding carboxylic acids is 2. The Morgan fingerprint density at radius 1 is 1.13 bits per heavy atom. The molecular formula is C30H31F3N4O2. The van der Waals surface area contributed by atoms with E-state index in [1.54, 1.807) is 13.8 Å². The number of nitrogens with zero attached hydrogens (tertiary/aromatic N) is 3. The van der Waals surface area contributed by atoms with Crippen LogP contribution in [0.5, 0.6) is 0 Å². The molecule has 39 heavy (non-hydrogen) atoms. The molecule has 1 atom stereocenters. The number of nitrogens with one attached hydrogen (secondary N) is 1. The molecule has 0 aliphatic heterocycles. The minimum absolute atomic E-state index is 0.232. The largest absolute Gasteiger partial charge is 0.416 e. The second-order valence-corrected chi connectivity index (χ2v) is 9.95. The van der Waals surface area contributed by atoms with Crippen LogP contribution < -0.4 is 5.32 Å². The zero-order chi connectivity index (χ0) is 28.2. The molecule has 0 fully saturated rings. The number of aromatic nitrogens is 2. The number of halogens is 3. The van der Waals surface area contributed by atoms with Gasteiger partial charge in [0.15, 0.2) is 0 Å². The molecule has 6 nitrogen and oxygen atoms in total. The lowest BCUT2D eigenvalue weighted by Crippen LogP contribution is -2.43. The molecule has 0 spiro atoms. The third kappa shape index (κ3) is 7.04. The molecule has 9 heteroatoms. The zero-order valence-corrected chi connectivity index (χ0v) is 22.1. The predicted octanol–water partition coefficient (Wildman–Crippen LogP) is 6.42. The summed E-state index contributed by atoms with van der Waals surface area (Å²) in [7, 11) is 0. The Kier molecular flexibility index (Phi) is 8.38. The van der Waals surface area contributed by atoms with Crippen molar-refractivity contribution in [2.24, 2.45) is 5.92 Å². The van der Waals surface area contributed by atoms with Crippen LogP contribution in [0.1, 0.15) is 38.3 Å². The maximum atomic E-state index is 13.2. The molecule has 1 aliphatic carbocycles. The Morgan fingerprint density at radius 3 is 2.54 bits per heavy atom. The number of hydrogen-bond donors (Lipinski definition) is 1. The van der Waals surface area contributed by atoms with Crippen LogP contribution in [-0.2, 0) is 22.2 Å². The normalized spacial score (nSPS) is 15.3. The number of imidazole rings is 1. The minimum Gasteiger partial charge on any atom is -0.331 e. The average Bonchev–Trinajstić information content (AvgIpc) is 3.31.